The van der Waals surface area contributed by atoms with Gasteiger partial charge in [0.1, 0.15) is 0 Å². The number of nitrogens with one attached hydrogen (secondary N) is 1. The summed E-state index contributed by atoms with van der Waals surface area (Å²) in [4.78, 5) is 23.2. The van der Waals surface area contributed by atoms with E-state index in [-0.39, 0.29) is 18.6 Å². The summed E-state index contributed by atoms with van der Waals surface area (Å²) in [7, 11) is 0. The fourth-order valence-corrected chi connectivity index (χ4v) is 3.00. The van der Waals surface area contributed by atoms with E-state index in [0.717, 1.165) is 25.7 Å². The molecule has 1 aliphatic carbocycles. The van der Waals surface area contributed by atoms with Crippen molar-refractivity contribution in [3.63, 3.8) is 0 Å². The summed E-state index contributed by atoms with van der Waals surface area (Å²) in [5.74, 6) is -1.52. The van der Waals surface area contributed by atoms with Crippen molar-refractivity contribution in [1.29, 1.82) is 0 Å². The number of ether oxygens (including phenoxy) is 1. The summed E-state index contributed by atoms with van der Waals surface area (Å²) in [5, 5.41) is 21.0. The van der Waals surface area contributed by atoms with E-state index >= 15 is 0 Å². The molecule has 1 saturated carbocycles. The Bertz CT molecular complexity index is 381. The van der Waals surface area contributed by atoms with Crippen LogP contribution in [0.5, 0.6) is 0 Å². The number of carbonyl (C=O) groups is 2. The first-order valence-corrected chi connectivity index (χ1v) is 6.74. The molecule has 2 aliphatic rings. The monoisotopic (exact) mass is 271 g/mol. The first kappa shape index (κ1) is 14.3. The number of amides is 1. The number of carboxylic acid groups (broad SMARTS) is 1. The number of carbonyl (C=O) groups excluding carboxylic acids is 1. The number of rotatable bonds is 4. The standard InChI is InChI=1S/C13H21NO5/c1-12(18,11(16)17)8-14-10(15)13-5-3-2-4-9(13)19-7-6-13/h9,18H,2-8H2,1H3,(H,14,15)(H,16,17). The van der Waals surface area contributed by atoms with E-state index in [2.05, 4.69) is 5.32 Å². The summed E-state index contributed by atoms with van der Waals surface area (Å²) in [6.45, 7) is 1.47. The van der Waals surface area contributed by atoms with Gasteiger partial charge in [-0.2, -0.15) is 0 Å². The van der Waals surface area contributed by atoms with Crippen LogP contribution in [0.2, 0.25) is 0 Å². The Morgan fingerprint density at radius 2 is 2.16 bits per heavy atom. The van der Waals surface area contributed by atoms with Gasteiger partial charge in [-0.05, 0) is 26.2 Å². The number of aliphatic hydroxyl groups is 1. The predicted octanol–water partition coefficient (Wildman–Crippen LogP) is 0.287. The lowest BCUT2D eigenvalue weighted by Crippen LogP contribution is -2.53. The molecule has 2 fully saturated rings. The van der Waals surface area contributed by atoms with Gasteiger partial charge in [-0.25, -0.2) is 4.79 Å². The normalized spacial score (nSPS) is 33.3. The van der Waals surface area contributed by atoms with E-state index in [1.165, 1.54) is 6.92 Å². The topological polar surface area (TPSA) is 95.9 Å². The van der Waals surface area contributed by atoms with E-state index in [1.807, 2.05) is 0 Å². The summed E-state index contributed by atoms with van der Waals surface area (Å²) < 4.78 is 5.62. The van der Waals surface area contributed by atoms with Crippen LogP contribution >= 0.6 is 0 Å². The van der Waals surface area contributed by atoms with Crippen molar-refractivity contribution in [3.8, 4) is 0 Å². The van der Waals surface area contributed by atoms with Gasteiger partial charge in [-0.1, -0.05) is 12.8 Å². The summed E-state index contributed by atoms with van der Waals surface area (Å²) in [6.07, 6.45) is 4.33. The maximum atomic E-state index is 12.4. The molecule has 6 heteroatoms. The van der Waals surface area contributed by atoms with E-state index in [0.29, 0.717) is 13.0 Å². The average molecular weight is 271 g/mol. The maximum absolute atomic E-state index is 12.4. The van der Waals surface area contributed by atoms with Crippen LogP contribution in [-0.2, 0) is 14.3 Å². The molecule has 3 unspecified atom stereocenters. The Morgan fingerprint density at radius 1 is 1.42 bits per heavy atom. The molecule has 19 heavy (non-hydrogen) atoms. The minimum atomic E-state index is -1.93. The van der Waals surface area contributed by atoms with Crippen LogP contribution in [0.15, 0.2) is 0 Å². The highest BCUT2D eigenvalue weighted by Crippen LogP contribution is 2.45. The Labute approximate surface area is 112 Å². The molecule has 0 aromatic carbocycles. The van der Waals surface area contributed by atoms with Crippen LogP contribution in [0.3, 0.4) is 0 Å². The smallest absolute Gasteiger partial charge is 0.337 e. The molecule has 6 nitrogen and oxygen atoms in total. The van der Waals surface area contributed by atoms with Gasteiger partial charge in [0.2, 0.25) is 5.91 Å². The number of aliphatic carboxylic acids is 1. The molecule has 1 aliphatic heterocycles. The summed E-state index contributed by atoms with van der Waals surface area (Å²) >= 11 is 0. The molecule has 1 heterocycles. The maximum Gasteiger partial charge on any atom is 0.337 e. The number of hydrogen-bond donors (Lipinski definition) is 3. The third-order valence-electron chi connectivity index (χ3n) is 4.33. The predicted molar refractivity (Wildman–Crippen MR) is 66.5 cm³/mol. The lowest BCUT2D eigenvalue weighted by molar-refractivity contribution is -0.157. The number of hydrogen-bond acceptors (Lipinski definition) is 4. The zero-order valence-corrected chi connectivity index (χ0v) is 11.1. The third-order valence-corrected chi connectivity index (χ3v) is 4.33. The largest absolute Gasteiger partial charge is 0.479 e. The van der Waals surface area contributed by atoms with Crippen LogP contribution in [0, 0.1) is 5.41 Å². The van der Waals surface area contributed by atoms with Gasteiger partial charge in [0.15, 0.2) is 5.60 Å². The molecule has 2 rings (SSSR count). The first-order valence-electron chi connectivity index (χ1n) is 6.74. The van der Waals surface area contributed by atoms with Crippen molar-refractivity contribution in [1.82, 2.24) is 5.32 Å². The van der Waals surface area contributed by atoms with Gasteiger partial charge in [0, 0.05) is 6.61 Å². The fraction of sp³-hybridized carbons (Fsp3) is 0.846. The molecule has 1 amide bonds. The molecule has 1 saturated heterocycles. The van der Waals surface area contributed by atoms with Crippen LogP contribution < -0.4 is 5.32 Å². The molecule has 3 N–H and O–H groups in total. The van der Waals surface area contributed by atoms with Crippen molar-refractivity contribution in [2.75, 3.05) is 13.2 Å². The lowest BCUT2D eigenvalue weighted by Gasteiger charge is -2.37. The zero-order valence-electron chi connectivity index (χ0n) is 11.1. The highest BCUT2D eigenvalue weighted by atomic mass is 16.5. The van der Waals surface area contributed by atoms with Gasteiger partial charge in [-0.15, -0.1) is 0 Å². The number of fused-ring (bicyclic) bond motifs is 1. The molecule has 0 aromatic heterocycles. The van der Waals surface area contributed by atoms with Crippen LogP contribution in [0.25, 0.3) is 0 Å². The van der Waals surface area contributed by atoms with Gasteiger partial charge in [0.25, 0.3) is 0 Å². The van der Waals surface area contributed by atoms with Crippen LogP contribution in [-0.4, -0.2) is 46.9 Å². The quantitative estimate of drug-likeness (QED) is 0.683. The Morgan fingerprint density at radius 3 is 2.84 bits per heavy atom. The Kier molecular flexibility index (Phi) is 3.82. The summed E-state index contributed by atoms with van der Waals surface area (Å²) in [5.41, 5.74) is -2.46. The molecular formula is C13H21NO5. The second kappa shape index (κ2) is 5.09. The molecule has 0 bridgehead atoms. The first-order chi connectivity index (χ1) is 8.88. The van der Waals surface area contributed by atoms with Gasteiger partial charge in [-0.3, -0.25) is 4.79 Å². The van der Waals surface area contributed by atoms with E-state index in [9.17, 15) is 14.7 Å². The van der Waals surface area contributed by atoms with Crippen molar-refractivity contribution >= 4 is 11.9 Å². The van der Waals surface area contributed by atoms with E-state index in [4.69, 9.17) is 9.84 Å². The highest BCUT2D eigenvalue weighted by molar-refractivity contribution is 5.85. The minimum absolute atomic E-state index is 0.0592. The third kappa shape index (κ3) is 2.60. The van der Waals surface area contributed by atoms with Gasteiger partial charge >= 0.3 is 5.97 Å². The van der Waals surface area contributed by atoms with Gasteiger partial charge in [0.05, 0.1) is 18.1 Å². The van der Waals surface area contributed by atoms with Crippen LogP contribution in [0.4, 0.5) is 0 Å². The summed E-state index contributed by atoms with van der Waals surface area (Å²) in [6, 6.07) is 0. The number of carboxylic acids is 1. The molecule has 3 atom stereocenters. The Balaban J connectivity index is 2.01. The zero-order chi connectivity index (χ0) is 14.1. The molecule has 0 aromatic rings. The minimum Gasteiger partial charge on any atom is -0.479 e. The average Bonchev–Trinajstić information content (AvgIpc) is 2.80. The van der Waals surface area contributed by atoms with E-state index < -0.39 is 17.0 Å². The van der Waals surface area contributed by atoms with Crippen molar-refractivity contribution < 1.29 is 24.5 Å². The second-order valence-electron chi connectivity index (χ2n) is 5.77. The molecule has 108 valence electrons. The van der Waals surface area contributed by atoms with Crippen molar-refractivity contribution in [2.24, 2.45) is 5.41 Å². The SMILES string of the molecule is CC(O)(CNC(=O)C12CCCCC1OCC2)C(=O)O. The highest BCUT2D eigenvalue weighted by Gasteiger charge is 2.51. The van der Waals surface area contributed by atoms with Crippen LogP contribution in [0.1, 0.15) is 39.0 Å². The fourth-order valence-electron chi connectivity index (χ4n) is 3.00. The van der Waals surface area contributed by atoms with Crippen molar-refractivity contribution in [2.45, 2.75) is 50.7 Å². The van der Waals surface area contributed by atoms with Crippen molar-refractivity contribution in [3.05, 3.63) is 0 Å². The lowest BCUT2D eigenvalue weighted by atomic mass is 9.70. The second-order valence-corrected chi connectivity index (χ2v) is 5.77. The molecule has 0 radical (unpaired) electrons. The van der Waals surface area contributed by atoms with Gasteiger partial charge < -0.3 is 20.3 Å². The molecule has 0 spiro atoms. The Hall–Kier alpha value is -1.14. The van der Waals surface area contributed by atoms with E-state index in [1.54, 1.807) is 0 Å². The molecular weight excluding hydrogens is 250 g/mol.